The van der Waals surface area contributed by atoms with Crippen LogP contribution in [0.5, 0.6) is 0 Å². The topological polar surface area (TPSA) is 26.3 Å². The van der Waals surface area contributed by atoms with Gasteiger partial charge in [-0.05, 0) is 20.3 Å². The molecular weight excluding hydrogens is 176 g/mol. The number of carbonyl (C=O) groups excluding carboxylic acids is 1. The summed E-state index contributed by atoms with van der Waals surface area (Å²) in [6.07, 6.45) is 4.06. The van der Waals surface area contributed by atoms with Crippen LogP contribution in [-0.4, -0.2) is 12.4 Å². The summed E-state index contributed by atoms with van der Waals surface area (Å²) in [5.41, 5.74) is 0. The lowest BCUT2D eigenvalue weighted by Gasteiger charge is -2.18. The van der Waals surface area contributed by atoms with Gasteiger partial charge in [-0.15, -0.1) is 11.8 Å². The van der Waals surface area contributed by atoms with Crippen molar-refractivity contribution in [3.63, 3.8) is 0 Å². The monoisotopic (exact) mass is 192 g/mol. The van der Waals surface area contributed by atoms with E-state index in [4.69, 9.17) is 4.74 Å². The maximum Gasteiger partial charge on any atom is 0.163 e. The first kappa shape index (κ1) is 10.8. The van der Waals surface area contributed by atoms with Crippen LogP contribution in [0.1, 0.15) is 33.1 Å². The second kappa shape index (κ2) is 5.49. The van der Waals surface area contributed by atoms with Crippen molar-refractivity contribution in [1.29, 1.82) is 0 Å². The van der Waals surface area contributed by atoms with E-state index in [1.807, 2.05) is 6.92 Å². The fraction of sp³-hybridized carbons (Fsp3) is 0.583. The third-order valence-corrected chi connectivity index (χ3v) is 2.30. The van der Waals surface area contributed by atoms with Gasteiger partial charge in [0, 0.05) is 24.8 Å². The number of carbonyl (C=O) groups is 1. The van der Waals surface area contributed by atoms with Crippen molar-refractivity contribution in [3.05, 3.63) is 11.8 Å². The fourth-order valence-corrected chi connectivity index (χ4v) is 1.53. The molecule has 0 unspecified atom stereocenters. The van der Waals surface area contributed by atoms with Crippen LogP contribution in [0.25, 0.3) is 0 Å². The molecule has 0 radical (unpaired) electrons. The Labute approximate surface area is 85.3 Å². The van der Waals surface area contributed by atoms with Gasteiger partial charge in [0.05, 0.1) is 12.4 Å². The smallest absolute Gasteiger partial charge is 0.163 e. The van der Waals surface area contributed by atoms with Crippen molar-refractivity contribution in [2.75, 3.05) is 6.61 Å². The molecule has 14 heavy (non-hydrogen) atoms. The first-order chi connectivity index (χ1) is 6.77. The molecule has 0 saturated heterocycles. The fourth-order valence-electron chi connectivity index (χ4n) is 1.53. The Morgan fingerprint density at radius 2 is 2.43 bits per heavy atom. The first-order valence-electron chi connectivity index (χ1n) is 5.04. The van der Waals surface area contributed by atoms with Gasteiger partial charge in [-0.25, -0.2) is 0 Å². The number of ketones is 1. The zero-order valence-electron chi connectivity index (χ0n) is 8.80. The second-order valence-electron chi connectivity index (χ2n) is 3.31. The molecule has 1 rings (SSSR count). The molecule has 1 aliphatic carbocycles. The molecule has 0 aliphatic heterocycles. The Hall–Kier alpha value is -1.23. The van der Waals surface area contributed by atoms with Crippen molar-refractivity contribution in [2.45, 2.75) is 33.1 Å². The van der Waals surface area contributed by atoms with E-state index in [2.05, 4.69) is 11.8 Å². The standard InChI is InChI=1S/C12H16O2/c1-3-5-6-10-7-8-11(14-4-2)9-12(10)13/h9-10H,4,6-8H2,1-2H3/t10-/m1/s1. The Morgan fingerprint density at radius 3 is 3.00 bits per heavy atom. The minimum atomic E-state index is 0.0895. The highest BCUT2D eigenvalue weighted by atomic mass is 16.5. The summed E-state index contributed by atoms with van der Waals surface area (Å²) in [6, 6.07) is 0. The number of allylic oxidation sites excluding steroid dienone is 2. The van der Waals surface area contributed by atoms with Crippen molar-refractivity contribution in [2.24, 2.45) is 5.92 Å². The van der Waals surface area contributed by atoms with Gasteiger partial charge in [-0.2, -0.15) is 0 Å². The van der Waals surface area contributed by atoms with E-state index in [0.29, 0.717) is 13.0 Å². The third kappa shape index (κ3) is 2.92. The zero-order chi connectivity index (χ0) is 10.4. The second-order valence-corrected chi connectivity index (χ2v) is 3.31. The summed E-state index contributed by atoms with van der Waals surface area (Å²) in [7, 11) is 0. The Bertz CT molecular complexity index is 291. The molecule has 0 bridgehead atoms. The van der Waals surface area contributed by atoms with E-state index in [1.54, 1.807) is 13.0 Å². The molecule has 0 N–H and O–H groups in total. The molecule has 0 aromatic rings. The summed E-state index contributed by atoms with van der Waals surface area (Å²) in [5.74, 6) is 6.86. The molecule has 1 atom stereocenters. The lowest BCUT2D eigenvalue weighted by atomic mass is 9.89. The van der Waals surface area contributed by atoms with Crippen LogP contribution in [0.3, 0.4) is 0 Å². The summed E-state index contributed by atoms with van der Waals surface area (Å²) >= 11 is 0. The van der Waals surface area contributed by atoms with Gasteiger partial charge in [0.2, 0.25) is 0 Å². The summed E-state index contributed by atoms with van der Waals surface area (Å²) in [4.78, 5) is 11.6. The average Bonchev–Trinajstić information content (AvgIpc) is 2.17. The molecule has 0 saturated carbocycles. The van der Waals surface area contributed by atoms with Crippen LogP contribution in [0, 0.1) is 17.8 Å². The number of rotatable bonds is 3. The largest absolute Gasteiger partial charge is 0.498 e. The lowest BCUT2D eigenvalue weighted by molar-refractivity contribution is -0.119. The molecule has 0 spiro atoms. The van der Waals surface area contributed by atoms with Crippen molar-refractivity contribution >= 4 is 5.78 Å². The maximum atomic E-state index is 11.6. The molecule has 1 aliphatic rings. The van der Waals surface area contributed by atoms with Gasteiger partial charge in [-0.1, -0.05) is 0 Å². The van der Waals surface area contributed by atoms with Crippen molar-refractivity contribution in [1.82, 2.24) is 0 Å². The van der Waals surface area contributed by atoms with Crippen LogP contribution < -0.4 is 0 Å². The van der Waals surface area contributed by atoms with Crippen molar-refractivity contribution in [3.8, 4) is 11.8 Å². The highest BCUT2D eigenvalue weighted by molar-refractivity contribution is 5.93. The summed E-state index contributed by atoms with van der Waals surface area (Å²) in [5, 5.41) is 0. The molecule has 0 aromatic heterocycles. The van der Waals surface area contributed by atoms with Crippen molar-refractivity contribution < 1.29 is 9.53 Å². The van der Waals surface area contributed by atoms with E-state index < -0.39 is 0 Å². The molecule has 2 heteroatoms. The molecule has 0 aromatic carbocycles. The van der Waals surface area contributed by atoms with Gasteiger partial charge in [0.15, 0.2) is 5.78 Å². The zero-order valence-corrected chi connectivity index (χ0v) is 8.80. The molecule has 76 valence electrons. The predicted molar refractivity (Wildman–Crippen MR) is 55.5 cm³/mol. The highest BCUT2D eigenvalue weighted by Crippen LogP contribution is 2.23. The van der Waals surface area contributed by atoms with E-state index >= 15 is 0 Å². The summed E-state index contributed by atoms with van der Waals surface area (Å²) in [6.45, 7) is 4.37. The van der Waals surface area contributed by atoms with Crippen LogP contribution >= 0.6 is 0 Å². The number of hydrogen-bond acceptors (Lipinski definition) is 2. The van der Waals surface area contributed by atoms with Crippen LogP contribution in [0.2, 0.25) is 0 Å². The highest BCUT2D eigenvalue weighted by Gasteiger charge is 2.21. The van der Waals surface area contributed by atoms with Gasteiger partial charge in [-0.3, -0.25) is 4.79 Å². The van der Waals surface area contributed by atoms with Crippen LogP contribution in [0.15, 0.2) is 11.8 Å². The van der Waals surface area contributed by atoms with E-state index in [0.717, 1.165) is 18.6 Å². The number of ether oxygens (including phenoxy) is 1. The molecule has 2 nitrogen and oxygen atoms in total. The van der Waals surface area contributed by atoms with Gasteiger partial charge >= 0.3 is 0 Å². The van der Waals surface area contributed by atoms with Gasteiger partial charge < -0.3 is 4.74 Å². The van der Waals surface area contributed by atoms with Gasteiger partial charge in [0.1, 0.15) is 0 Å². The lowest BCUT2D eigenvalue weighted by Crippen LogP contribution is -2.17. The third-order valence-electron chi connectivity index (χ3n) is 2.30. The minimum Gasteiger partial charge on any atom is -0.498 e. The van der Waals surface area contributed by atoms with Gasteiger partial charge in [0.25, 0.3) is 0 Å². The maximum absolute atomic E-state index is 11.6. The molecule has 0 heterocycles. The predicted octanol–water partition coefficient (Wildman–Crippen LogP) is 2.30. The quantitative estimate of drug-likeness (QED) is 0.641. The Kier molecular flexibility index (Phi) is 4.25. The molecular formula is C12H16O2. The number of hydrogen-bond donors (Lipinski definition) is 0. The Balaban J connectivity index is 2.54. The van der Waals surface area contributed by atoms with E-state index in [-0.39, 0.29) is 11.7 Å². The van der Waals surface area contributed by atoms with Crippen LogP contribution in [0.4, 0.5) is 0 Å². The molecule has 0 amide bonds. The van der Waals surface area contributed by atoms with E-state index in [9.17, 15) is 4.79 Å². The average molecular weight is 192 g/mol. The normalized spacial score (nSPS) is 20.9. The van der Waals surface area contributed by atoms with Crippen LogP contribution in [-0.2, 0) is 9.53 Å². The SMILES string of the molecule is CC#CC[C@@H]1CCC(OCC)=CC1=O. The minimum absolute atomic E-state index is 0.0895. The Morgan fingerprint density at radius 1 is 1.64 bits per heavy atom. The summed E-state index contributed by atoms with van der Waals surface area (Å²) < 4.78 is 5.31. The first-order valence-corrected chi connectivity index (χ1v) is 5.04. The van der Waals surface area contributed by atoms with E-state index in [1.165, 1.54) is 0 Å². The molecule has 0 fully saturated rings.